The molecular weight excluding hydrogens is 232 g/mol. The lowest BCUT2D eigenvalue weighted by Crippen LogP contribution is -2.07. The first-order valence-corrected chi connectivity index (χ1v) is 6.99. The third-order valence-electron chi connectivity index (χ3n) is 1.29. The predicted octanol–water partition coefficient (Wildman–Crippen LogP) is 5.81. The zero-order chi connectivity index (χ0) is 16.3. The van der Waals surface area contributed by atoms with Gasteiger partial charge in [0.15, 0.2) is 0 Å². The third kappa shape index (κ3) is 26.2. The maximum atomic E-state index is 4.10. The summed E-state index contributed by atoms with van der Waals surface area (Å²) >= 11 is 0. The number of hydrogen-bond donors (Lipinski definition) is 0. The largest absolute Gasteiger partial charge is 0.269 e. The minimum absolute atomic E-state index is 0.803. The second kappa shape index (κ2) is 25.3. The van der Waals surface area contributed by atoms with Gasteiger partial charge in [-0.2, -0.15) is 5.10 Å². The summed E-state index contributed by atoms with van der Waals surface area (Å²) < 4.78 is 0. The van der Waals surface area contributed by atoms with Gasteiger partial charge < -0.3 is 0 Å². The molecule has 0 amide bonds. The van der Waals surface area contributed by atoms with Gasteiger partial charge >= 0.3 is 0 Å². The number of hydrogen-bond acceptors (Lipinski definition) is 2. The van der Waals surface area contributed by atoms with Crippen molar-refractivity contribution >= 4 is 6.21 Å². The number of allylic oxidation sites excluding steroid dienone is 4. The van der Waals surface area contributed by atoms with E-state index in [2.05, 4.69) is 24.8 Å². The molecule has 0 N–H and O–H groups in total. The Bertz CT molecular complexity index is 260. The smallest absolute Gasteiger partial charge is 0.0518 e. The normalized spacial score (nSPS) is 8.21. The van der Waals surface area contributed by atoms with Crippen molar-refractivity contribution < 1.29 is 0 Å². The van der Waals surface area contributed by atoms with Gasteiger partial charge in [0.05, 0.1) is 5.70 Å². The van der Waals surface area contributed by atoms with E-state index in [0.717, 1.165) is 11.3 Å². The van der Waals surface area contributed by atoms with E-state index in [1.165, 1.54) is 0 Å². The van der Waals surface area contributed by atoms with Crippen LogP contribution in [0.15, 0.2) is 54.3 Å². The van der Waals surface area contributed by atoms with E-state index in [9.17, 15) is 0 Å². The predicted molar refractivity (Wildman–Crippen MR) is 93.6 cm³/mol. The molecule has 0 spiro atoms. The van der Waals surface area contributed by atoms with E-state index in [1.807, 2.05) is 67.7 Å². The van der Waals surface area contributed by atoms with E-state index in [4.69, 9.17) is 0 Å². The summed E-state index contributed by atoms with van der Waals surface area (Å²) in [6.45, 7) is 25.0. The highest BCUT2D eigenvalue weighted by molar-refractivity contribution is 5.76. The van der Waals surface area contributed by atoms with Gasteiger partial charge in [-0.15, -0.1) is 0 Å². The summed E-state index contributed by atoms with van der Waals surface area (Å²) in [5.41, 5.74) is 1.71. The van der Waals surface area contributed by atoms with Crippen LogP contribution in [0.4, 0.5) is 0 Å². The highest BCUT2D eigenvalue weighted by atomic mass is 15.4. The lowest BCUT2D eigenvalue weighted by Gasteiger charge is -2.11. The van der Waals surface area contributed by atoms with Gasteiger partial charge in [0.25, 0.3) is 0 Å². The molecule has 19 heavy (non-hydrogen) atoms. The van der Waals surface area contributed by atoms with Gasteiger partial charge in [0.1, 0.15) is 0 Å². The van der Waals surface area contributed by atoms with Crippen LogP contribution in [0.3, 0.4) is 0 Å². The molecule has 0 bridgehead atoms. The van der Waals surface area contributed by atoms with Crippen LogP contribution in [-0.2, 0) is 0 Å². The molecule has 0 fully saturated rings. The Morgan fingerprint density at radius 3 is 1.74 bits per heavy atom. The van der Waals surface area contributed by atoms with E-state index < -0.39 is 0 Å². The first-order chi connectivity index (χ1) is 9.07. The maximum absolute atomic E-state index is 4.10. The maximum Gasteiger partial charge on any atom is 0.0518 e. The molecule has 0 aliphatic rings. The SMILES string of the molecule is C=C/C=C\C(=C)N(C)/N=C\C(=C)C.CC.CC.CC. The topological polar surface area (TPSA) is 15.6 Å². The molecule has 0 saturated carbocycles. The van der Waals surface area contributed by atoms with Crippen LogP contribution in [0, 0.1) is 0 Å². The summed E-state index contributed by atoms with van der Waals surface area (Å²) in [6, 6.07) is 0. The first-order valence-electron chi connectivity index (χ1n) is 6.99. The minimum atomic E-state index is 0.803. The fourth-order valence-electron chi connectivity index (χ4n) is 0.546. The van der Waals surface area contributed by atoms with Crippen molar-refractivity contribution in [2.75, 3.05) is 7.05 Å². The molecule has 2 nitrogen and oxygen atoms in total. The Hall–Kier alpha value is -1.57. The lowest BCUT2D eigenvalue weighted by molar-refractivity contribution is 0.465. The van der Waals surface area contributed by atoms with E-state index in [-0.39, 0.29) is 0 Å². The highest BCUT2D eigenvalue weighted by Gasteiger charge is 1.92. The quantitative estimate of drug-likeness (QED) is 0.348. The second-order valence-corrected chi connectivity index (χ2v) is 2.70. The van der Waals surface area contributed by atoms with Crippen LogP contribution in [0.25, 0.3) is 0 Å². The molecule has 0 aromatic rings. The van der Waals surface area contributed by atoms with Gasteiger partial charge in [-0.1, -0.05) is 73.4 Å². The Labute approximate surface area is 121 Å². The van der Waals surface area contributed by atoms with E-state index in [1.54, 1.807) is 17.3 Å². The average molecular weight is 266 g/mol. The molecule has 0 aliphatic heterocycles. The average Bonchev–Trinajstić information content (AvgIpc) is 2.48. The molecule has 0 saturated heterocycles. The van der Waals surface area contributed by atoms with Crippen molar-refractivity contribution in [3.05, 3.63) is 49.2 Å². The van der Waals surface area contributed by atoms with Crippen LogP contribution < -0.4 is 0 Å². The van der Waals surface area contributed by atoms with Gasteiger partial charge in [0, 0.05) is 13.3 Å². The number of nitrogens with zero attached hydrogens (tertiary/aromatic N) is 2. The second-order valence-electron chi connectivity index (χ2n) is 2.70. The van der Waals surface area contributed by atoms with Gasteiger partial charge in [0.2, 0.25) is 0 Å². The Morgan fingerprint density at radius 1 is 1.00 bits per heavy atom. The van der Waals surface area contributed by atoms with Crippen LogP contribution in [0.5, 0.6) is 0 Å². The lowest BCUT2D eigenvalue weighted by atomic mass is 10.4. The summed E-state index contributed by atoms with van der Waals surface area (Å²) in [7, 11) is 1.83. The molecular formula is C17H34N2. The van der Waals surface area contributed by atoms with Crippen LogP contribution in [0.1, 0.15) is 48.5 Å². The van der Waals surface area contributed by atoms with E-state index in [0.29, 0.717) is 0 Å². The summed E-state index contributed by atoms with van der Waals surface area (Å²) in [6.07, 6.45) is 7.03. The fraction of sp³-hybridized carbons (Fsp3) is 0.471. The molecule has 0 heterocycles. The summed E-state index contributed by atoms with van der Waals surface area (Å²) in [5, 5.41) is 5.78. The van der Waals surface area contributed by atoms with Gasteiger partial charge in [-0.05, 0) is 18.6 Å². The highest BCUT2D eigenvalue weighted by Crippen LogP contribution is 2.00. The van der Waals surface area contributed by atoms with Gasteiger partial charge in [-0.3, -0.25) is 5.01 Å². The molecule has 0 aliphatic carbocycles. The zero-order valence-electron chi connectivity index (χ0n) is 14.3. The number of likely N-dealkylation sites (N-methyl/N-ethyl adjacent to an activating group) is 1. The molecule has 0 radical (unpaired) electrons. The molecule has 0 rings (SSSR count). The molecule has 112 valence electrons. The van der Waals surface area contributed by atoms with Crippen LogP contribution >= 0.6 is 0 Å². The zero-order valence-corrected chi connectivity index (χ0v) is 14.3. The fourth-order valence-corrected chi connectivity index (χ4v) is 0.546. The standard InChI is InChI=1S/C11H16N2.3C2H6/c1-6-7-8-11(4)13(5)12-9-10(2)3;3*1-2/h6-9H,1-2,4H2,3,5H3;3*1-2H3/b8-7-,12-9-;;;. The number of rotatable bonds is 5. The molecule has 2 heteroatoms. The molecule has 0 aromatic heterocycles. The Balaban J connectivity index is -0.000000163. The van der Waals surface area contributed by atoms with Crippen molar-refractivity contribution in [3.63, 3.8) is 0 Å². The molecule has 0 atom stereocenters. The Morgan fingerprint density at radius 2 is 1.42 bits per heavy atom. The molecule has 0 unspecified atom stereocenters. The Kier molecular flexibility index (Phi) is 34.8. The summed E-state index contributed by atoms with van der Waals surface area (Å²) in [4.78, 5) is 0. The van der Waals surface area contributed by atoms with Crippen molar-refractivity contribution in [2.45, 2.75) is 48.5 Å². The van der Waals surface area contributed by atoms with Crippen LogP contribution in [-0.4, -0.2) is 18.3 Å². The van der Waals surface area contributed by atoms with E-state index >= 15 is 0 Å². The van der Waals surface area contributed by atoms with Crippen LogP contribution in [0.2, 0.25) is 0 Å². The van der Waals surface area contributed by atoms with Crippen molar-refractivity contribution in [2.24, 2.45) is 5.10 Å². The van der Waals surface area contributed by atoms with Gasteiger partial charge in [-0.25, -0.2) is 0 Å². The number of hydrazone groups is 1. The third-order valence-corrected chi connectivity index (χ3v) is 1.29. The first kappa shape index (κ1) is 26.1. The molecule has 0 aromatic carbocycles. The van der Waals surface area contributed by atoms with Crippen molar-refractivity contribution in [1.82, 2.24) is 5.01 Å². The summed E-state index contributed by atoms with van der Waals surface area (Å²) in [5.74, 6) is 0. The monoisotopic (exact) mass is 266 g/mol. The minimum Gasteiger partial charge on any atom is -0.269 e. The van der Waals surface area contributed by atoms with Crippen molar-refractivity contribution in [1.29, 1.82) is 0 Å². The van der Waals surface area contributed by atoms with Crippen molar-refractivity contribution in [3.8, 4) is 0 Å².